The molecule has 0 amide bonds. The predicted molar refractivity (Wildman–Crippen MR) is 74.1 cm³/mol. The highest BCUT2D eigenvalue weighted by molar-refractivity contribution is 7.99. The van der Waals surface area contributed by atoms with Crippen molar-refractivity contribution in [3.8, 4) is 0 Å². The van der Waals surface area contributed by atoms with Crippen LogP contribution in [-0.4, -0.2) is 23.1 Å². The van der Waals surface area contributed by atoms with Crippen molar-refractivity contribution in [2.24, 2.45) is 5.92 Å². The van der Waals surface area contributed by atoms with Gasteiger partial charge in [-0.25, -0.2) is 0 Å². The molecule has 2 heteroatoms. The lowest BCUT2D eigenvalue weighted by molar-refractivity contribution is 0.339. The van der Waals surface area contributed by atoms with Crippen LogP contribution in [0.25, 0.3) is 0 Å². The number of nitrogens with one attached hydrogen (secondary N) is 1. The molecule has 1 N–H and O–H groups in total. The van der Waals surface area contributed by atoms with Gasteiger partial charge in [-0.05, 0) is 50.2 Å². The van der Waals surface area contributed by atoms with E-state index in [9.17, 15) is 0 Å². The van der Waals surface area contributed by atoms with Crippen molar-refractivity contribution in [1.82, 2.24) is 5.32 Å². The smallest absolute Gasteiger partial charge is 0.00802 e. The topological polar surface area (TPSA) is 12.0 Å². The second kappa shape index (κ2) is 6.30. The molecule has 0 heterocycles. The molecule has 94 valence electrons. The van der Waals surface area contributed by atoms with Gasteiger partial charge in [-0.3, -0.25) is 0 Å². The molecule has 2 aliphatic carbocycles. The Morgan fingerprint density at radius 1 is 1.06 bits per heavy atom. The Bertz CT molecular complexity index is 205. The fourth-order valence-electron chi connectivity index (χ4n) is 3.38. The van der Waals surface area contributed by atoms with Gasteiger partial charge >= 0.3 is 0 Å². The molecule has 0 aromatic rings. The maximum Gasteiger partial charge on any atom is 0.00802 e. The second-order valence-electron chi connectivity index (χ2n) is 5.72. The van der Waals surface area contributed by atoms with E-state index in [0.717, 1.165) is 23.3 Å². The van der Waals surface area contributed by atoms with Gasteiger partial charge in [-0.2, -0.15) is 11.8 Å². The molecule has 2 rings (SSSR count). The average molecular weight is 241 g/mol. The van der Waals surface area contributed by atoms with Gasteiger partial charge in [0.15, 0.2) is 0 Å². The summed E-state index contributed by atoms with van der Waals surface area (Å²) in [5, 5.41) is 4.86. The van der Waals surface area contributed by atoms with Crippen LogP contribution in [0, 0.1) is 5.92 Å². The second-order valence-corrected chi connectivity index (χ2v) is 7.30. The summed E-state index contributed by atoms with van der Waals surface area (Å²) in [6.45, 7) is 4.69. The molecular weight excluding hydrogens is 214 g/mol. The van der Waals surface area contributed by atoms with E-state index >= 15 is 0 Å². The SMILES string of the molecule is CCSC1CCCC(NC2CCC(C)C2)C1. The minimum Gasteiger partial charge on any atom is -0.311 e. The molecule has 0 radical (unpaired) electrons. The maximum atomic E-state index is 3.92. The summed E-state index contributed by atoms with van der Waals surface area (Å²) in [5.74, 6) is 2.25. The van der Waals surface area contributed by atoms with Crippen LogP contribution < -0.4 is 5.32 Å². The fraction of sp³-hybridized carbons (Fsp3) is 1.00. The largest absolute Gasteiger partial charge is 0.311 e. The van der Waals surface area contributed by atoms with Crippen molar-refractivity contribution in [1.29, 1.82) is 0 Å². The number of rotatable bonds is 4. The Kier molecular flexibility index (Phi) is 5.02. The summed E-state index contributed by atoms with van der Waals surface area (Å²) < 4.78 is 0. The Morgan fingerprint density at radius 2 is 1.88 bits per heavy atom. The lowest BCUT2D eigenvalue weighted by Gasteiger charge is -2.31. The van der Waals surface area contributed by atoms with Crippen LogP contribution in [0.4, 0.5) is 0 Å². The van der Waals surface area contributed by atoms with E-state index in [2.05, 4.69) is 30.9 Å². The quantitative estimate of drug-likeness (QED) is 0.803. The highest BCUT2D eigenvalue weighted by Crippen LogP contribution is 2.31. The van der Waals surface area contributed by atoms with Crippen molar-refractivity contribution in [2.75, 3.05) is 5.75 Å². The molecule has 16 heavy (non-hydrogen) atoms. The highest BCUT2D eigenvalue weighted by atomic mass is 32.2. The first kappa shape index (κ1) is 12.8. The summed E-state index contributed by atoms with van der Waals surface area (Å²) in [4.78, 5) is 0. The fourth-order valence-corrected chi connectivity index (χ4v) is 4.55. The molecule has 2 saturated carbocycles. The first-order valence-corrected chi connectivity index (χ1v) is 8.20. The van der Waals surface area contributed by atoms with E-state index in [1.165, 1.54) is 50.7 Å². The lowest BCUT2D eigenvalue weighted by atomic mass is 9.94. The predicted octanol–water partition coefficient (Wildman–Crippen LogP) is 3.83. The van der Waals surface area contributed by atoms with Crippen LogP contribution in [0.15, 0.2) is 0 Å². The third-order valence-electron chi connectivity index (χ3n) is 4.19. The number of thioether (sulfide) groups is 1. The zero-order chi connectivity index (χ0) is 11.4. The van der Waals surface area contributed by atoms with Gasteiger partial charge in [0.25, 0.3) is 0 Å². The first-order valence-electron chi connectivity index (χ1n) is 7.15. The van der Waals surface area contributed by atoms with Crippen molar-refractivity contribution >= 4 is 11.8 Å². The molecule has 4 atom stereocenters. The molecule has 4 unspecified atom stereocenters. The molecule has 0 bridgehead atoms. The molecule has 2 fully saturated rings. The Hall–Kier alpha value is 0.310. The minimum absolute atomic E-state index is 0.827. The molecule has 0 aliphatic heterocycles. The average Bonchev–Trinajstić information content (AvgIpc) is 2.65. The standard InChI is InChI=1S/C14H27NS/c1-3-16-14-6-4-5-12(10-14)15-13-8-7-11(2)9-13/h11-15H,3-10H2,1-2H3. The van der Waals surface area contributed by atoms with Crippen molar-refractivity contribution in [3.05, 3.63) is 0 Å². The van der Waals surface area contributed by atoms with Gasteiger partial charge < -0.3 is 5.32 Å². The van der Waals surface area contributed by atoms with Gasteiger partial charge in [0.05, 0.1) is 0 Å². The minimum atomic E-state index is 0.827. The first-order chi connectivity index (χ1) is 7.78. The van der Waals surface area contributed by atoms with Gasteiger partial charge in [0.2, 0.25) is 0 Å². The zero-order valence-corrected chi connectivity index (χ0v) is 11.7. The third kappa shape index (κ3) is 3.66. The molecule has 0 aromatic heterocycles. The zero-order valence-electron chi connectivity index (χ0n) is 10.9. The molecule has 0 saturated heterocycles. The van der Waals surface area contributed by atoms with Gasteiger partial charge in [0.1, 0.15) is 0 Å². The summed E-state index contributed by atoms with van der Waals surface area (Å²) in [6, 6.07) is 1.67. The van der Waals surface area contributed by atoms with Gasteiger partial charge in [-0.15, -0.1) is 0 Å². The summed E-state index contributed by atoms with van der Waals surface area (Å²) in [6.07, 6.45) is 10.0. The van der Waals surface area contributed by atoms with Crippen LogP contribution in [-0.2, 0) is 0 Å². The molecule has 0 aromatic carbocycles. The van der Waals surface area contributed by atoms with Crippen LogP contribution in [0.3, 0.4) is 0 Å². The monoisotopic (exact) mass is 241 g/mol. The van der Waals surface area contributed by atoms with Crippen molar-refractivity contribution in [2.45, 2.75) is 76.1 Å². The molecule has 0 spiro atoms. The molecule has 2 aliphatic rings. The summed E-state index contributed by atoms with van der Waals surface area (Å²) in [7, 11) is 0. The number of hydrogen-bond acceptors (Lipinski definition) is 2. The van der Waals surface area contributed by atoms with Crippen molar-refractivity contribution < 1.29 is 0 Å². The maximum absolute atomic E-state index is 3.92. The Balaban J connectivity index is 1.72. The third-order valence-corrected chi connectivity index (χ3v) is 5.43. The molecular formula is C14H27NS. The van der Waals surface area contributed by atoms with E-state index in [0.29, 0.717) is 0 Å². The van der Waals surface area contributed by atoms with Crippen molar-refractivity contribution in [3.63, 3.8) is 0 Å². The highest BCUT2D eigenvalue weighted by Gasteiger charge is 2.27. The van der Waals surface area contributed by atoms with E-state index in [-0.39, 0.29) is 0 Å². The van der Waals surface area contributed by atoms with Crippen LogP contribution in [0.5, 0.6) is 0 Å². The Morgan fingerprint density at radius 3 is 2.56 bits per heavy atom. The molecule has 1 nitrogen and oxygen atoms in total. The van der Waals surface area contributed by atoms with Crippen LogP contribution in [0.1, 0.15) is 58.8 Å². The Labute approximate surface area is 105 Å². The normalized spacial score (nSPS) is 40.1. The lowest BCUT2D eigenvalue weighted by Crippen LogP contribution is -2.40. The van der Waals surface area contributed by atoms with Gasteiger partial charge in [-0.1, -0.05) is 20.3 Å². The van der Waals surface area contributed by atoms with E-state index in [1.54, 1.807) is 0 Å². The van der Waals surface area contributed by atoms with Crippen LogP contribution >= 0.6 is 11.8 Å². The van der Waals surface area contributed by atoms with E-state index in [1.807, 2.05) is 0 Å². The van der Waals surface area contributed by atoms with E-state index < -0.39 is 0 Å². The van der Waals surface area contributed by atoms with Crippen LogP contribution in [0.2, 0.25) is 0 Å². The van der Waals surface area contributed by atoms with E-state index in [4.69, 9.17) is 0 Å². The summed E-state index contributed by atoms with van der Waals surface area (Å²) >= 11 is 2.17. The van der Waals surface area contributed by atoms with Gasteiger partial charge in [0, 0.05) is 17.3 Å². The number of hydrogen-bond donors (Lipinski definition) is 1. The summed E-state index contributed by atoms with van der Waals surface area (Å²) in [5.41, 5.74) is 0.